The highest BCUT2D eigenvalue weighted by Crippen LogP contribution is 2.23. The van der Waals surface area contributed by atoms with Crippen molar-refractivity contribution in [2.45, 2.75) is 32.1 Å². The van der Waals surface area contributed by atoms with Crippen LogP contribution in [0.2, 0.25) is 0 Å². The highest BCUT2D eigenvalue weighted by molar-refractivity contribution is 5.90. The minimum atomic E-state index is 1.01. The summed E-state index contributed by atoms with van der Waals surface area (Å²) in [4.78, 5) is 4.39. The molecule has 0 saturated heterocycles. The Balaban J connectivity index is 1.66. The van der Waals surface area contributed by atoms with Crippen LogP contribution in [-0.2, 0) is 0 Å². The van der Waals surface area contributed by atoms with E-state index in [0.29, 0.717) is 0 Å². The third kappa shape index (κ3) is 2.95. The summed E-state index contributed by atoms with van der Waals surface area (Å²) >= 11 is 0. The minimum Gasteiger partial charge on any atom is -0.384 e. The van der Waals surface area contributed by atoms with E-state index in [-0.39, 0.29) is 0 Å². The Bertz CT molecular complexity index is 581. The molecule has 19 heavy (non-hydrogen) atoms. The van der Waals surface area contributed by atoms with Gasteiger partial charge in [-0.3, -0.25) is 4.98 Å². The molecule has 0 spiro atoms. The van der Waals surface area contributed by atoms with Gasteiger partial charge in [0, 0.05) is 23.8 Å². The first-order valence-corrected chi connectivity index (χ1v) is 7.19. The number of para-hydroxylation sites is 1. The molecule has 1 N–H and O–H groups in total. The second-order valence-corrected chi connectivity index (χ2v) is 5.16. The molecule has 0 saturated carbocycles. The van der Waals surface area contributed by atoms with Crippen molar-refractivity contribution in [1.29, 1.82) is 0 Å². The number of allylic oxidation sites excluding steroid dienone is 1. The lowest BCUT2D eigenvalue weighted by molar-refractivity contribution is 0.679. The van der Waals surface area contributed by atoms with Crippen LogP contribution in [0.25, 0.3) is 10.9 Å². The predicted octanol–water partition coefficient (Wildman–Crippen LogP) is 4.54. The van der Waals surface area contributed by atoms with E-state index in [9.17, 15) is 0 Å². The topological polar surface area (TPSA) is 24.9 Å². The molecule has 1 aromatic heterocycles. The molecule has 0 atom stereocenters. The van der Waals surface area contributed by atoms with Crippen molar-refractivity contribution in [3.8, 4) is 0 Å². The second kappa shape index (κ2) is 5.87. The molecule has 2 aromatic rings. The molecule has 0 amide bonds. The Morgan fingerprint density at radius 2 is 2.05 bits per heavy atom. The summed E-state index contributed by atoms with van der Waals surface area (Å²) in [7, 11) is 0. The number of anilines is 1. The Hall–Kier alpha value is -1.83. The summed E-state index contributed by atoms with van der Waals surface area (Å²) in [5, 5.41) is 4.76. The fourth-order valence-corrected chi connectivity index (χ4v) is 2.74. The molecule has 0 bridgehead atoms. The lowest BCUT2D eigenvalue weighted by atomic mass is 9.97. The largest absolute Gasteiger partial charge is 0.384 e. The number of aromatic nitrogens is 1. The molecule has 0 fully saturated rings. The molecule has 1 heterocycles. The fraction of sp³-hybridized carbons (Fsp3) is 0.353. The monoisotopic (exact) mass is 252 g/mol. The Kier molecular flexibility index (Phi) is 3.78. The molecular formula is C17H20N2. The van der Waals surface area contributed by atoms with Gasteiger partial charge in [0.05, 0.1) is 5.52 Å². The van der Waals surface area contributed by atoms with E-state index in [4.69, 9.17) is 0 Å². The highest BCUT2D eigenvalue weighted by Gasteiger charge is 2.04. The van der Waals surface area contributed by atoms with Crippen molar-refractivity contribution in [1.82, 2.24) is 4.98 Å². The summed E-state index contributed by atoms with van der Waals surface area (Å²) in [5.74, 6) is 0. The maximum Gasteiger partial charge on any atom is 0.0722 e. The van der Waals surface area contributed by atoms with Crippen LogP contribution in [0.5, 0.6) is 0 Å². The first kappa shape index (κ1) is 12.2. The van der Waals surface area contributed by atoms with Gasteiger partial charge in [0.15, 0.2) is 0 Å². The Labute approximate surface area is 114 Å². The summed E-state index contributed by atoms with van der Waals surface area (Å²) in [6.07, 6.45) is 10.8. The van der Waals surface area contributed by atoms with E-state index in [0.717, 1.165) is 18.5 Å². The zero-order valence-corrected chi connectivity index (χ0v) is 11.2. The van der Waals surface area contributed by atoms with E-state index in [1.807, 2.05) is 12.3 Å². The van der Waals surface area contributed by atoms with Crippen molar-refractivity contribution < 1.29 is 0 Å². The first-order valence-electron chi connectivity index (χ1n) is 7.19. The molecule has 2 heteroatoms. The highest BCUT2D eigenvalue weighted by atomic mass is 14.9. The smallest absolute Gasteiger partial charge is 0.0722 e. The number of nitrogens with one attached hydrogen (secondary N) is 1. The lowest BCUT2D eigenvalue weighted by Crippen LogP contribution is -2.05. The summed E-state index contributed by atoms with van der Waals surface area (Å²) < 4.78 is 0. The number of rotatable bonds is 4. The van der Waals surface area contributed by atoms with Gasteiger partial charge < -0.3 is 5.32 Å². The van der Waals surface area contributed by atoms with E-state index < -0.39 is 0 Å². The molecule has 3 rings (SSSR count). The third-order valence-electron chi connectivity index (χ3n) is 3.80. The second-order valence-electron chi connectivity index (χ2n) is 5.16. The minimum absolute atomic E-state index is 1.01. The van der Waals surface area contributed by atoms with E-state index in [1.54, 1.807) is 5.57 Å². The number of hydrogen-bond donors (Lipinski definition) is 1. The van der Waals surface area contributed by atoms with Crippen LogP contribution in [0.4, 0.5) is 5.69 Å². The van der Waals surface area contributed by atoms with Crippen molar-refractivity contribution in [2.24, 2.45) is 0 Å². The van der Waals surface area contributed by atoms with Crippen molar-refractivity contribution in [3.05, 3.63) is 48.2 Å². The normalized spacial score (nSPS) is 15.3. The van der Waals surface area contributed by atoms with Gasteiger partial charge in [0.25, 0.3) is 0 Å². The Morgan fingerprint density at radius 3 is 2.95 bits per heavy atom. The van der Waals surface area contributed by atoms with Crippen LogP contribution in [0.1, 0.15) is 32.1 Å². The van der Waals surface area contributed by atoms with Crippen molar-refractivity contribution in [2.75, 3.05) is 11.9 Å². The molecular weight excluding hydrogens is 232 g/mol. The SMILES string of the molecule is C1=C(CCNc2ccnc3ccccc23)CCCC1. The molecule has 1 aromatic carbocycles. The number of fused-ring (bicyclic) bond motifs is 1. The zero-order valence-electron chi connectivity index (χ0n) is 11.2. The van der Waals surface area contributed by atoms with Gasteiger partial charge in [-0.2, -0.15) is 0 Å². The van der Waals surface area contributed by atoms with Crippen molar-refractivity contribution >= 4 is 16.6 Å². The van der Waals surface area contributed by atoms with Crippen LogP contribution >= 0.6 is 0 Å². The van der Waals surface area contributed by atoms with Gasteiger partial charge in [-0.05, 0) is 44.2 Å². The predicted molar refractivity (Wildman–Crippen MR) is 81.4 cm³/mol. The number of benzene rings is 1. The number of nitrogens with zero attached hydrogens (tertiary/aromatic N) is 1. The summed E-state index contributed by atoms with van der Waals surface area (Å²) in [6, 6.07) is 10.4. The van der Waals surface area contributed by atoms with E-state index in [2.05, 4.69) is 40.6 Å². The van der Waals surface area contributed by atoms with Gasteiger partial charge in [-0.15, -0.1) is 0 Å². The molecule has 0 radical (unpaired) electrons. The summed E-state index contributed by atoms with van der Waals surface area (Å²) in [6.45, 7) is 1.01. The maximum absolute atomic E-state index is 4.39. The van der Waals surface area contributed by atoms with Gasteiger partial charge in [0.1, 0.15) is 0 Å². The Morgan fingerprint density at radius 1 is 1.11 bits per heavy atom. The van der Waals surface area contributed by atoms with E-state index >= 15 is 0 Å². The third-order valence-corrected chi connectivity index (χ3v) is 3.80. The lowest BCUT2D eigenvalue weighted by Gasteiger charge is -2.14. The van der Waals surface area contributed by atoms with Gasteiger partial charge >= 0.3 is 0 Å². The molecule has 1 aliphatic carbocycles. The fourth-order valence-electron chi connectivity index (χ4n) is 2.74. The van der Waals surface area contributed by atoms with Crippen LogP contribution in [0.3, 0.4) is 0 Å². The van der Waals surface area contributed by atoms with Crippen LogP contribution in [0.15, 0.2) is 48.2 Å². The number of pyridine rings is 1. The molecule has 98 valence electrons. The number of hydrogen-bond acceptors (Lipinski definition) is 2. The average molecular weight is 252 g/mol. The average Bonchev–Trinajstić information content (AvgIpc) is 2.49. The van der Waals surface area contributed by atoms with E-state index in [1.165, 1.54) is 36.8 Å². The first-order chi connectivity index (χ1) is 9.43. The standard InChI is InChI=1S/C17H20N2/c1-2-6-14(7-3-1)10-12-18-17-11-13-19-16-9-5-4-8-15(16)17/h4-6,8-9,11,13H,1-3,7,10,12H2,(H,18,19). The van der Waals surface area contributed by atoms with Crippen LogP contribution in [-0.4, -0.2) is 11.5 Å². The van der Waals surface area contributed by atoms with Crippen LogP contribution < -0.4 is 5.32 Å². The maximum atomic E-state index is 4.39. The quantitative estimate of drug-likeness (QED) is 0.808. The van der Waals surface area contributed by atoms with Gasteiger partial charge in [0.2, 0.25) is 0 Å². The molecule has 0 unspecified atom stereocenters. The van der Waals surface area contributed by atoms with Gasteiger partial charge in [-0.25, -0.2) is 0 Å². The zero-order chi connectivity index (χ0) is 12.9. The summed E-state index contributed by atoms with van der Waals surface area (Å²) in [5.41, 5.74) is 3.88. The van der Waals surface area contributed by atoms with Gasteiger partial charge in [-0.1, -0.05) is 29.8 Å². The van der Waals surface area contributed by atoms with Crippen molar-refractivity contribution in [3.63, 3.8) is 0 Å². The molecule has 0 aliphatic heterocycles. The molecule has 1 aliphatic rings. The molecule has 2 nitrogen and oxygen atoms in total. The van der Waals surface area contributed by atoms with Crippen LogP contribution in [0, 0.1) is 0 Å².